The summed E-state index contributed by atoms with van der Waals surface area (Å²) in [5.41, 5.74) is 3.34. The number of carbonyl (C=O) groups is 2. The van der Waals surface area contributed by atoms with E-state index in [1.807, 2.05) is 30.3 Å². The molecule has 0 radical (unpaired) electrons. The molecule has 0 unspecified atom stereocenters. The molecule has 0 spiro atoms. The summed E-state index contributed by atoms with van der Waals surface area (Å²) < 4.78 is 5.46. The van der Waals surface area contributed by atoms with Gasteiger partial charge in [-0.2, -0.15) is 5.26 Å². The number of hydrogen-bond donors (Lipinski definition) is 2. The molecular formula is C24H27N3O4. The lowest BCUT2D eigenvalue weighted by Crippen LogP contribution is -2.55. The SMILES string of the molecule is Cc1ccc(C#N)cc1NC(=O)[C@H](O)[C@H]1OCCN(c2ccc(C(C)(C)C)cc2)C1=O. The number of ether oxygens (including phenoxy) is 1. The van der Waals surface area contributed by atoms with Crippen molar-refractivity contribution < 1.29 is 19.4 Å². The van der Waals surface area contributed by atoms with Crippen LogP contribution in [-0.2, 0) is 19.7 Å². The highest BCUT2D eigenvalue weighted by atomic mass is 16.5. The zero-order chi connectivity index (χ0) is 22.8. The number of hydrogen-bond acceptors (Lipinski definition) is 5. The third-order valence-corrected chi connectivity index (χ3v) is 5.35. The minimum atomic E-state index is -1.69. The Hall–Kier alpha value is -3.21. The molecule has 1 aliphatic rings. The van der Waals surface area contributed by atoms with Crippen LogP contribution >= 0.6 is 0 Å². The van der Waals surface area contributed by atoms with E-state index in [0.717, 1.165) is 11.1 Å². The standard InChI is InChI=1S/C24H27N3O4/c1-15-5-6-16(14-25)13-19(15)26-22(29)20(28)21-23(30)27(11-12-31-21)18-9-7-17(8-10-18)24(2,3)4/h5-10,13,20-21,28H,11-12H2,1-4H3,(H,26,29)/t20-,21-/m1/s1. The molecule has 1 saturated heterocycles. The van der Waals surface area contributed by atoms with Crippen molar-refractivity contribution >= 4 is 23.2 Å². The van der Waals surface area contributed by atoms with Crippen molar-refractivity contribution in [2.45, 2.75) is 45.3 Å². The van der Waals surface area contributed by atoms with E-state index in [9.17, 15) is 14.7 Å². The number of carbonyl (C=O) groups excluding carboxylic acids is 2. The van der Waals surface area contributed by atoms with E-state index in [0.29, 0.717) is 23.5 Å². The highest BCUT2D eigenvalue weighted by molar-refractivity contribution is 6.04. The van der Waals surface area contributed by atoms with E-state index < -0.39 is 24.0 Å². The van der Waals surface area contributed by atoms with E-state index >= 15 is 0 Å². The second-order valence-corrected chi connectivity index (χ2v) is 8.65. The maximum absolute atomic E-state index is 13.0. The Morgan fingerprint density at radius 3 is 2.55 bits per heavy atom. The van der Waals surface area contributed by atoms with Crippen molar-refractivity contribution in [2.24, 2.45) is 0 Å². The van der Waals surface area contributed by atoms with Crippen LogP contribution in [0.3, 0.4) is 0 Å². The number of nitriles is 1. The zero-order valence-electron chi connectivity index (χ0n) is 18.2. The van der Waals surface area contributed by atoms with Gasteiger partial charge in [0.05, 0.1) is 18.2 Å². The van der Waals surface area contributed by atoms with Crippen molar-refractivity contribution in [1.29, 1.82) is 5.26 Å². The quantitative estimate of drug-likeness (QED) is 0.790. The molecule has 2 aromatic rings. The first-order valence-corrected chi connectivity index (χ1v) is 10.1. The zero-order valence-corrected chi connectivity index (χ0v) is 18.2. The first kappa shape index (κ1) is 22.5. The molecular weight excluding hydrogens is 394 g/mol. The van der Waals surface area contributed by atoms with Gasteiger partial charge in [-0.05, 0) is 47.7 Å². The normalized spacial score (nSPS) is 17.7. The lowest BCUT2D eigenvalue weighted by Gasteiger charge is -2.34. The van der Waals surface area contributed by atoms with Crippen LogP contribution in [0.15, 0.2) is 42.5 Å². The van der Waals surface area contributed by atoms with Gasteiger partial charge in [0, 0.05) is 17.9 Å². The molecule has 1 heterocycles. The van der Waals surface area contributed by atoms with Crippen molar-refractivity contribution in [2.75, 3.05) is 23.4 Å². The largest absolute Gasteiger partial charge is 0.380 e. The predicted octanol–water partition coefficient (Wildman–Crippen LogP) is 2.90. The molecule has 2 aromatic carbocycles. The van der Waals surface area contributed by atoms with E-state index in [4.69, 9.17) is 10.00 Å². The van der Waals surface area contributed by atoms with Gasteiger partial charge in [0.15, 0.2) is 12.2 Å². The van der Waals surface area contributed by atoms with Gasteiger partial charge in [0.2, 0.25) is 0 Å². The molecule has 2 amide bonds. The molecule has 0 aromatic heterocycles. The van der Waals surface area contributed by atoms with Gasteiger partial charge in [0.1, 0.15) is 0 Å². The number of benzene rings is 2. The molecule has 7 heteroatoms. The fourth-order valence-electron chi connectivity index (χ4n) is 3.40. The Balaban J connectivity index is 1.74. The van der Waals surface area contributed by atoms with Gasteiger partial charge in [-0.1, -0.05) is 39.0 Å². The number of amides is 2. The number of aliphatic hydroxyl groups is 1. The highest BCUT2D eigenvalue weighted by Crippen LogP contribution is 2.27. The smallest absolute Gasteiger partial charge is 0.259 e. The van der Waals surface area contributed by atoms with Crippen LogP contribution in [0.4, 0.5) is 11.4 Å². The Labute approximate surface area is 182 Å². The number of aliphatic hydroxyl groups excluding tert-OH is 1. The van der Waals surface area contributed by atoms with Crippen LogP contribution in [0, 0.1) is 18.3 Å². The van der Waals surface area contributed by atoms with Gasteiger partial charge in [-0.15, -0.1) is 0 Å². The summed E-state index contributed by atoms with van der Waals surface area (Å²) in [6.45, 7) is 8.64. The predicted molar refractivity (Wildman–Crippen MR) is 118 cm³/mol. The van der Waals surface area contributed by atoms with Crippen LogP contribution in [0.1, 0.15) is 37.5 Å². The topological polar surface area (TPSA) is 103 Å². The molecule has 0 bridgehead atoms. The molecule has 1 fully saturated rings. The number of rotatable bonds is 4. The van der Waals surface area contributed by atoms with E-state index in [1.54, 1.807) is 19.1 Å². The Bertz CT molecular complexity index is 1020. The van der Waals surface area contributed by atoms with E-state index in [2.05, 4.69) is 26.1 Å². The van der Waals surface area contributed by atoms with Crippen LogP contribution in [-0.4, -0.2) is 42.3 Å². The van der Waals surface area contributed by atoms with E-state index in [-0.39, 0.29) is 12.0 Å². The summed E-state index contributed by atoms with van der Waals surface area (Å²) in [6, 6.07) is 14.5. The number of anilines is 2. The second kappa shape index (κ2) is 8.88. The van der Waals surface area contributed by atoms with Crippen molar-refractivity contribution in [1.82, 2.24) is 0 Å². The monoisotopic (exact) mass is 421 g/mol. The summed E-state index contributed by atoms with van der Waals surface area (Å²) in [7, 11) is 0. The van der Waals surface area contributed by atoms with Crippen LogP contribution in [0.25, 0.3) is 0 Å². The molecule has 2 N–H and O–H groups in total. The number of aryl methyl sites for hydroxylation is 1. The van der Waals surface area contributed by atoms with Gasteiger partial charge >= 0.3 is 0 Å². The van der Waals surface area contributed by atoms with Crippen LogP contribution in [0.5, 0.6) is 0 Å². The average Bonchev–Trinajstić information content (AvgIpc) is 2.74. The summed E-state index contributed by atoms with van der Waals surface area (Å²) >= 11 is 0. The summed E-state index contributed by atoms with van der Waals surface area (Å²) in [5.74, 6) is -1.23. The highest BCUT2D eigenvalue weighted by Gasteiger charge is 2.39. The second-order valence-electron chi connectivity index (χ2n) is 8.65. The number of morpholine rings is 1. The maximum Gasteiger partial charge on any atom is 0.259 e. The Morgan fingerprint density at radius 2 is 1.94 bits per heavy atom. The molecule has 31 heavy (non-hydrogen) atoms. The fraction of sp³-hybridized carbons (Fsp3) is 0.375. The maximum atomic E-state index is 13.0. The van der Waals surface area contributed by atoms with E-state index in [1.165, 1.54) is 11.0 Å². The summed E-state index contributed by atoms with van der Waals surface area (Å²) in [6.07, 6.45) is -3.00. The number of nitrogens with zero attached hydrogens (tertiary/aromatic N) is 2. The lowest BCUT2D eigenvalue weighted by molar-refractivity contribution is -0.150. The minimum Gasteiger partial charge on any atom is -0.380 e. The van der Waals surface area contributed by atoms with Crippen LogP contribution in [0.2, 0.25) is 0 Å². The first-order chi connectivity index (χ1) is 14.6. The third kappa shape index (κ3) is 4.93. The molecule has 0 aliphatic carbocycles. The van der Waals surface area contributed by atoms with Gasteiger partial charge in [-0.25, -0.2) is 0 Å². The van der Waals surface area contributed by atoms with Gasteiger partial charge in [0.25, 0.3) is 11.8 Å². The van der Waals surface area contributed by atoms with Gasteiger partial charge < -0.3 is 20.1 Å². The summed E-state index contributed by atoms with van der Waals surface area (Å²) in [4.78, 5) is 27.1. The first-order valence-electron chi connectivity index (χ1n) is 10.1. The lowest BCUT2D eigenvalue weighted by atomic mass is 9.87. The average molecular weight is 421 g/mol. The Morgan fingerprint density at radius 1 is 1.26 bits per heavy atom. The van der Waals surface area contributed by atoms with Crippen molar-refractivity contribution in [3.8, 4) is 6.07 Å². The molecule has 2 atom stereocenters. The summed E-state index contributed by atoms with van der Waals surface area (Å²) in [5, 5.41) is 22.2. The van der Waals surface area contributed by atoms with Crippen molar-refractivity contribution in [3.63, 3.8) is 0 Å². The number of nitrogens with one attached hydrogen (secondary N) is 1. The fourth-order valence-corrected chi connectivity index (χ4v) is 3.40. The van der Waals surface area contributed by atoms with Crippen molar-refractivity contribution in [3.05, 3.63) is 59.2 Å². The molecule has 0 saturated carbocycles. The molecule has 162 valence electrons. The molecule has 1 aliphatic heterocycles. The minimum absolute atomic E-state index is 0.00858. The van der Waals surface area contributed by atoms with Crippen LogP contribution < -0.4 is 10.2 Å². The third-order valence-electron chi connectivity index (χ3n) is 5.35. The van der Waals surface area contributed by atoms with Gasteiger partial charge in [-0.3, -0.25) is 9.59 Å². The molecule has 3 rings (SSSR count). The molecule has 7 nitrogen and oxygen atoms in total. The Kier molecular flexibility index (Phi) is 6.44.